The van der Waals surface area contributed by atoms with E-state index in [0.717, 1.165) is 11.1 Å². The van der Waals surface area contributed by atoms with E-state index in [0.29, 0.717) is 25.1 Å². The lowest BCUT2D eigenvalue weighted by atomic mass is 10.0. The number of hydrogen-bond donors (Lipinski definition) is 1. The second-order valence-electron chi connectivity index (χ2n) is 4.98. The molecule has 0 aliphatic heterocycles. The van der Waals surface area contributed by atoms with Crippen molar-refractivity contribution in [3.63, 3.8) is 0 Å². The molecule has 0 fully saturated rings. The van der Waals surface area contributed by atoms with E-state index in [1.165, 1.54) is 12.1 Å². The largest absolute Gasteiger partial charge is 0.337 e. The first-order valence-electron chi connectivity index (χ1n) is 6.89. The van der Waals surface area contributed by atoms with Crippen molar-refractivity contribution in [2.75, 3.05) is 13.6 Å². The van der Waals surface area contributed by atoms with Crippen molar-refractivity contribution in [3.8, 4) is 0 Å². The lowest BCUT2D eigenvalue weighted by Gasteiger charge is -2.19. The number of rotatable bonds is 5. The van der Waals surface area contributed by atoms with Crippen LogP contribution in [0.3, 0.4) is 0 Å². The zero-order valence-electron chi connectivity index (χ0n) is 12.1. The summed E-state index contributed by atoms with van der Waals surface area (Å²) in [5.74, 6) is -0.329. The Balaban J connectivity index is 2.13. The Morgan fingerprint density at radius 1 is 1.14 bits per heavy atom. The number of hydrogen-bond acceptors (Lipinski definition) is 2. The highest BCUT2D eigenvalue weighted by Crippen LogP contribution is 2.14. The van der Waals surface area contributed by atoms with Crippen LogP contribution in [0.2, 0.25) is 0 Å². The lowest BCUT2D eigenvalue weighted by molar-refractivity contribution is 0.0784. The molecule has 0 bridgehead atoms. The minimum absolute atomic E-state index is 0.0524. The van der Waals surface area contributed by atoms with Crippen LogP contribution in [0.15, 0.2) is 48.5 Å². The first kappa shape index (κ1) is 15.2. The molecule has 0 spiro atoms. The molecule has 0 saturated heterocycles. The normalized spacial score (nSPS) is 10.4. The molecule has 0 radical (unpaired) electrons. The molecule has 0 saturated carbocycles. The van der Waals surface area contributed by atoms with Gasteiger partial charge in [0.1, 0.15) is 5.82 Å². The van der Waals surface area contributed by atoms with Crippen LogP contribution >= 0.6 is 0 Å². The van der Waals surface area contributed by atoms with Gasteiger partial charge in [-0.05, 0) is 42.3 Å². The molecule has 0 aromatic heterocycles. The van der Waals surface area contributed by atoms with E-state index < -0.39 is 0 Å². The van der Waals surface area contributed by atoms with Gasteiger partial charge in [-0.25, -0.2) is 4.39 Å². The summed E-state index contributed by atoms with van der Waals surface area (Å²) in [6.45, 7) is 0.946. The average molecular weight is 286 g/mol. The predicted molar refractivity (Wildman–Crippen MR) is 81.4 cm³/mol. The van der Waals surface area contributed by atoms with E-state index in [4.69, 9.17) is 5.73 Å². The standard InChI is InChI=1S/C17H19FN2O/c1-20(12-13-6-8-15(18)9-7-13)17(21)16-5-3-2-4-14(16)10-11-19/h2-9H,10-12,19H2,1H3. The molecule has 0 heterocycles. The zero-order valence-corrected chi connectivity index (χ0v) is 12.1. The van der Waals surface area contributed by atoms with E-state index in [1.807, 2.05) is 24.3 Å². The van der Waals surface area contributed by atoms with Crippen molar-refractivity contribution in [3.05, 3.63) is 71.0 Å². The summed E-state index contributed by atoms with van der Waals surface area (Å²) in [6.07, 6.45) is 0.673. The molecule has 0 aliphatic rings. The molecular formula is C17H19FN2O. The molecule has 110 valence electrons. The summed E-state index contributed by atoms with van der Waals surface area (Å²) < 4.78 is 12.9. The molecule has 21 heavy (non-hydrogen) atoms. The maximum Gasteiger partial charge on any atom is 0.254 e. The van der Waals surface area contributed by atoms with Gasteiger partial charge in [-0.1, -0.05) is 30.3 Å². The van der Waals surface area contributed by atoms with E-state index in [-0.39, 0.29) is 11.7 Å². The van der Waals surface area contributed by atoms with Crippen molar-refractivity contribution in [1.29, 1.82) is 0 Å². The second-order valence-corrected chi connectivity index (χ2v) is 4.98. The van der Waals surface area contributed by atoms with Gasteiger partial charge in [-0.15, -0.1) is 0 Å². The highest BCUT2D eigenvalue weighted by molar-refractivity contribution is 5.95. The summed E-state index contributed by atoms with van der Waals surface area (Å²) in [5, 5.41) is 0. The van der Waals surface area contributed by atoms with Crippen LogP contribution in [0.1, 0.15) is 21.5 Å². The number of halogens is 1. The molecule has 3 nitrogen and oxygen atoms in total. The van der Waals surface area contributed by atoms with Gasteiger partial charge in [0.05, 0.1) is 0 Å². The molecule has 2 aromatic rings. The zero-order chi connectivity index (χ0) is 15.2. The van der Waals surface area contributed by atoms with Crippen molar-refractivity contribution >= 4 is 5.91 Å². The van der Waals surface area contributed by atoms with Crippen molar-refractivity contribution in [1.82, 2.24) is 4.90 Å². The van der Waals surface area contributed by atoms with Crippen LogP contribution in [0, 0.1) is 5.82 Å². The van der Waals surface area contributed by atoms with Crippen molar-refractivity contribution in [2.45, 2.75) is 13.0 Å². The number of nitrogens with zero attached hydrogens (tertiary/aromatic N) is 1. The maximum absolute atomic E-state index is 12.9. The Kier molecular flexibility index (Phi) is 5.06. The summed E-state index contributed by atoms with van der Waals surface area (Å²) in [5.41, 5.74) is 8.10. The summed E-state index contributed by atoms with van der Waals surface area (Å²) >= 11 is 0. The summed E-state index contributed by atoms with van der Waals surface area (Å²) in [6, 6.07) is 13.7. The summed E-state index contributed by atoms with van der Waals surface area (Å²) in [4.78, 5) is 14.2. The number of amides is 1. The highest BCUT2D eigenvalue weighted by atomic mass is 19.1. The van der Waals surface area contributed by atoms with Gasteiger partial charge in [0.2, 0.25) is 0 Å². The Morgan fingerprint density at radius 2 is 1.81 bits per heavy atom. The third-order valence-corrected chi connectivity index (χ3v) is 3.34. The van der Waals surface area contributed by atoms with Crippen LogP contribution in [0.4, 0.5) is 4.39 Å². The Morgan fingerprint density at radius 3 is 2.48 bits per heavy atom. The molecule has 2 N–H and O–H groups in total. The minimum atomic E-state index is -0.277. The van der Waals surface area contributed by atoms with Crippen LogP contribution in [0.25, 0.3) is 0 Å². The van der Waals surface area contributed by atoms with Gasteiger partial charge in [0, 0.05) is 19.2 Å². The Hall–Kier alpha value is -2.20. The third kappa shape index (κ3) is 3.89. The number of carbonyl (C=O) groups is 1. The predicted octanol–water partition coefficient (Wildman–Crippen LogP) is 2.60. The van der Waals surface area contributed by atoms with E-state index in [2.05, 4.69) is 0 Å². The van der Waals surface area contributed by atoms with Gasteiger partial charge in [-0.3, -0.25) is 4.79 Å². The number of carbonyl (C=O) groups excluding carboxylic acids is 1. The molecule has 1 amide bonds. The van der Waals surface area contributed by atoms with Crippen molar-refractivity contribution in [2.24, 2.45) is 5.73 Å². The molecule has 2 rings (SSSR count). The fourth-order valence-electron chi connectivity index (χ4n) is 2.24. The molecular weight excluding hydrogens is 267 g/mol. The van der Waals surface area contributed by atoms with Gasteiger partial charge < -0.3 is 10.6 Å². The van der Waals surface area contributed by atoms with Crippen molar-refractivity contribution < 1.29 is 9.18 Å². The Bertz CT molecular complexity index is 610. The SMILES string of the molecule is CN(Cc1ccc(F)cc1)C(=O)c1ccccc1CCN. The van der Waals surface area contributed by atoms with Crippen LogP contribution in [-0.4, -0.2) is 24.4 Å². The minimum Gasteiger partial charge on any atom is -0.337 e. The first-order valence-corrected chi connectivity index (χ1v) is 6.89. The van der Waals surface area contributed by atoms with Gasteiger partial charge in [0.15, 0.2) is 0 Å². The second kappa shape index (κ2) is 6.99. The average Bonchev–Trinajstić information content (AvgIpc) is 2.50. The van der Waals surface area contributed by atoms with Crippen LogP contribution < -0.4 is 5.73 Å². The number of nitrogens with two attached hydrogens (primary N) is 1. The molecule has 0 atom stereocenters. The highest BCUT2D eigenvalue weighted by Gasteiger charge is 2.15. The van der Waals surface area contributed by atoms with Crippen LogP contribution in [0.5, 0.6) is 0 Å². The smallest absolute Gasteiger partial charge is 0.254 e. The topological polar surface area (TPSA) is 46.3 Å². The molecule has 4 heteroatoms. The molecule has 0 unspecified atom stereocenters. The lowest BCUT2D eigenvalue weighted by Crippen LogP contribution is -2.27. The quantitative estimate of drug-likeness (QED) is 0.918. The van der Waals surface area contributed by atoms with E-state index in [1.54, 1.807) is 24.1 Å². The van der Waals surface area contributed by atoms with Gasteiger partial charge >= 0.3 is 0 Å². The van der Waals surface area contributed by atoms with Gasteiger partial charge in [0.25, 0.3) is 5.91 Å². The fraction of sp³-hybridized carbons (Fsp3) is 0.235. The van der Waals surface area contributed by atoms with Crippen LogP contribution in [-0.2, 0) is 13.0 Å². The number of benzene rings is 2. The van der Waals surface area contributed by atoms with E-state index >= 15 is 0 Å². The molecule has 0 aliphatic carbocycles. The molecule has 2 aromatic carbocycles. The Labute approximate surface area is 124 Å². The van der Waals surface area contributed by atoms with Gasteiger partial charge in [-0.2, -0.15) is 0 Å². The monoisotopic (exact) mass is 286 g/mol. The summed E-state index contributed by atoms with van der Waals surface area (Å²) in [7, 11) is 1.74. The van der Waals surface area contributed by atoms with E-state index in [9.17, 15) is 9.18 Å². The first-order chi connectivity index (χ1) is 10.1. The third-order valence-electron chi connectivity index (χ3n) is 3.34. The maximum atomic E-state index is 12.9. The fourth-order valence-corrected chi connectivity index (χ4v) is 2.24.